The molecule has 0 aliphatic heterocycles. The molecule has 0 bridgehead atoms. The van der Waals surface area contributed by atoms with Gasteiger partial charge in [-0.3, -0.25) is 0 Å². The van der Waals surface area contributed by atoms with Crippen molar-refractivity contribution in [3.8, 4) is 5.75 Å². The third-order valence-corrected chi connectivity index (χ3v) is 1.43. The number of ether oxygens (including phenoxy) is 2. The summed E-state index contributed by atoms with van der Waals surface area (Å²) in [6, 6.07) is 10.1. The second-order valence-electron chi connectivity index (χ2n) is 2.45. The zero-order valence-corrected chi connectivity index (χ0v) is 7.73. The van der Waals surface area contributed by atoms with Gasteiger partial charge in [0.2, 0.25) is 0 Å². The largest absolute Gasteiger partial charge is 0.489 e. The van der Waals surface area contributed by atoms with Crippen molar-refractivity contribution in [2.24, 2.45) is 0 Å². The van der Waals surface area contributed by atoms with Crippen molar-refractivity contribution in [3.63, 3.8) is 0 Å². The fourth-order valence-electron chi connectivity index (χ4n) is 0.819. The van der Waals surface area contributed by atoms with E-state index in [-0.39, 0.29) is 6.61 Å². The van der Waals surface area contributed by atoms with Crippen molar-refractivity contribution in [3.05, 3.63) is 43.0 Å². The Kier molecular flexibility index (Phi) is 4.27. The summed E-state index contributed by atoms with van der Waals surface area (Å²) in [6.07, 6.45) is 1.12. The molecule has 0 spiro atoms. The molecule has 0 aromatic heterocycles. The summed E-state index contributed by atoms with van der Waals surface area (Å²) in [7, 11) is 0. The molecule has 3 nitrogen and oxygen atoms in total. The summed E-state index contributed by atoms with van der Waals surface area (Å²) in [4.78, 5) is 10.6. The highest BCUT2D eigenvalue weighted by Crippen LogP contribution is 2.06. The Balaban J connectivity index is 2.16. The summed E-state index contributed by atoms with van der Waals surface area (Å²) < 4.78 is 9.95. The summed E-state index contributed by atoms with van der Waals surface area (Å²) in [5.74, 6) is 0.202. The third kappa shape index (κ3) is 3.76. The number of rotatable bonds is 5. The van der Waals surface area contributed by atoms with Crippen LogP contribution in [0.15, 0.2) is 36.9 Å². The Labute approximate surface area is 83.0 Å². The monoisotopic (exact) mass is 191 g/mol. The Morgan fingerprint density at radius 3 is 3.00 bits per heavy atom. The summed E-state index contributed by atoms with van der Waals surface area (Å²) >= 11 is 0. The van der Waals surface area contributed by atoms with E-state index in [1.54, 1.807) is 12.1 Å². The Hall–Kier alpha value is -1.77. The van der Waals surface area contributed by atoms with Crippen molar-refractivity contribution in [2.75, 3.05) is 13.2 Å². The van der Waals surface area contributed by atoms with Crippen LogP contribution in [0.2, 0.25) is 0 Å². The topological polar surface area (TPSA) is 35.5 Å². The van der Waals surface area contributed by atoms with E-state index < -0.39 is 5.97 Å². The van der Waals surface area contributed by atoms with Crippen LogP contribution in [0.3, 0.4) is 0 Å². The highest BCUT2D eigenvalue weighted by Gasteiger charge is 1.95. The van der Waals surface area contributed by atoms with Gasteiger partial charge in [0, 0.05) is 12.1 Å². The Morgan fingerprint density at radius 2 is 2.36 bits per heavy atom. The molecular formula is C11H11O3. The van der Waals surface area contributed by atoms with Gasteiger partial charge in [-0.2, -0.15) is 0 Å². The van der Waals surface area contributed by atoms with Gasteiger partial charge in [0.25, 0.3) is 0 Å². The zero-order chi connectivity index (χ0) is 10.2. The van der Waals surface area contributed by atoms with Crippen LogP contribution in [0.4, 0.5) is 0 Å². The first-order valence-electron chi connectivity index (χ1n) is 4.21. The number of carbonyl (C=O) groups is 1. The predicted molar refractivity (Wildman–Crippen MR) is 51.9 cm³/mol. The predicted octanol–water partition coefficient (Wildman–Crippen LogP) is 1.59. The molecule has 14 heavy (non-hydrogen) atoms. The van der Waals surface area contributed by atoms with Gasteiger partial charge in [-0.1, -0.05) is 24.8 Å². The lowest BCUT2D eigenvalue weighted by Gasteiger charge is -2.04. The number of hydrogen-bond donors (Lipinski definition) is 0. The van der Waals surface area contributed by atoms with Crippen LogP contribution in [0, 0.1) is 6.07 Å². The first kappa shape index (κ1) is 10.3. The number of para-hydroxylation sites is 1. The molecule has 0 fully saturated rings. The minimum absolute atomic E-state index is 0.216. The van der Waals surface area contributed by atoms with Crippen LogP contribution in [-0.4, -0.2) is 19.2 Å². The molecule has 0 aliphatic rings. The van der Waals surface area contributed by atoms with E-state index in [0.717, 1.165) is 6.08 Å². The van der Waals surface area contributed by atoms with E-state index in [4.69, 9.17) is 9.47 Å². The number of hydrogen-bond acceptors (Lipinski definition) is 3. The molecule has 3 heteroatoms. The van der Waals surface area contributed by atoms with Gasteiger partial charge in [0.1, 0.15) is 19.0 Å². The molecule has 0 N–H and O–H groups in total. The molecule has 1 rings (SSSR count). The number of esters is 1. The molecule has 1 aromatic rings. The molecule has 0 saturated carbocycles. The smallest absolute Gasteiger partial charge is 0.330 e. The summed E-state index contributed by atoms with van der Waals surface area (Å²) in [5.41, 5.74) is 0. The van der Waals surface area contributed by atoms with Crippen LogP contribution in [0.25, 0.3) is 0 Å². The number of benzene rings is 1. The van der Waals surface area contributed by atoms with E-state index in [0.29, 0.717) is 12.4 Å². The van der Waals surface area contributed by atoms with E-state index >= 15 is 0 Å². The average Bonchev–Trinajstić information content (AvgIpc) is 2.25. The maximum absolute atomic E-state index is 10.6. The second kappa shape index (κ2) is 5.80. The van der Waals surface area contributed by atoms with Crippen LogP contribution in [0.5, 0.6) is 5.75 Å². The molecular weight excluding hydrogens is 180 g/mol. The summed E-state index contributed by atoms with van der Waals surface area (Å²) in [5, 5.41) is 0. The molecule has 1 aromatic carbocycles. The van der Waals surface area contributed by atoms with Crippen molar-refractivity contribution in [1.82, 2.24) is 0 Å². The van der Waals surface area contributed by atoms with Crippen molar-refractivity contribution < 1.29 is 14.3 Å². The lowest BCUT2D eigenvalue weighted by Crippen LogP contribution is -2.10. The number of carbonyl (C=O) groups excluding carboxylic acids is 1. The average molecular weight is 191 g/mol. The second-order valence-corrected chi connectivity index (χ2v) is 2.45. The first-order valence-corrected chi connectivity index (χ1v) is 4.21. The first-order chi connectivity index (χ1) is 6.83. The molecule has 0 unspecified atom stereocenters. The van der Waals surface area contributed by atoms with Gasteiger partial charge in [-0.15, -0.1) is 0 Å². The molecule has 73 valence electrons. The van der Waals surface area contributed by atoms with Gasteiger partial charge in [0.15, 0.2) is 0 Å². The molecule has 0 heterocycles. The highest BCUT2D eigenvalue weighted by atomic mass is 16.6. The molecule has 0 aliphatic carbocycles. The van der Waals surface area contributed by atoms with E-state index in [9.17, 15) is 4.79 Å². The maximum Gasteiger partial charge on any atom is 0.330 e. The van der Waals surface area contributed by atoms with Gasteiger partial charge in [-0.05, 0) is 6.07 Å². The van der Waals surface area contributed by atoms with Gasteiger partial charge < -0.3 is 9.47 Å². The third-order valence-electron chi connectivity index (χ3n) is 1.43. The van der Waals surface area contributed by atoms with Gasteiger partial charge in [0.05, 0.1) is 0 Å². The van der Waals surface area contributed by atoms with Crippen molar-refractivity contribution >= 4 is 5.97 Å². The van der Waals surface area contributed by atoms with Gasteiger partial charge in [-0.25, -0.2) is 4.79 Å². The van der Waals surface area contributed by atoms with Crippen LogP contribution >= 0.6 is 0 Å². The van der Waals surface area contributed by atoms with Crippen molar-refractivity contribution in [1.29, 1.82) is 0 Å². The normalized spacial score (nSPS) is 9.14. The molecule has 0 atom stereocenters. The van der Waals surface area contributed by atoms with E-state index in [1.165, 1.54) is 0 Å². The standard InChI is InChI=1S/C11H11O3/c1-2-11(12)14-9-8-13-10-6-4-3-5-7-10/h2-6H,1,8-9H2. The molecule has 0 amide bonds. The minimum Gasteiger partial charge on any atom is -0.489 e. The fourth-order valence-corrected chi connectivity index (χ4v) is 0.819. The van der Waals surface area contributed by atoms with Gasteiger partial charge >= 0.3 is 5.97 Å². The minimum atomic E-state index is -0.439. The van der Waals surface area contributed by atoms with E-state index in [2.05, 4.69) is 12.6 Å². The SMILES string of the molecule is C=CC(=O)OCCOc1[c]cccc1. The molecule has 1 radical (unpaired) electrons. The quantitative estimate of drug-likeness (QED) is 0.403. The Bertz CT molecular complexity index is 293. The fraction of sp³-hybridized carbons (Fsp3) is 0.182. The van der Waals surface area contributed by atoms with Crippen molar-refractivity contribution in [2.45, 2.75) is 0 Å². The van der Waals surface area contributed by atoms with E-state index in [1.807, 2.05) is 12.1 Å². The summed E-state index contributed by atoms with van der Waals surface area (Å²) in [6.45, 7) is 3.81. The maximum atomic E-state index is 10.6. The Morgan fingerprint density at radius 1 is 1.50 bits per heavy atom. The lowest BCUT2D eigenvalue weighted by molar-refractivity contribution is -0.138. The highest BCUT2D eigenvalue weighted by molar-refractivity contribution is 5.81. The van der Waals surface area contributed by atoms with Crippen LogP contribution < -0.4 is 4.74 Å². The molecule has 0 saturated heterocycles. The zero-order valence-electron chi connectivity index (χ0n) is 7.73. The van der Waals surface area contributed by atoms with Crippen LogP contribution in [-0.2, 0) is 9.53 Å². The van der Waals surface area contributed by atoms with Crippen LogP contribution in [0.1, 0.15) is 0 Å². The lowest BCUT2D eigenvalue weighted by atomic mass is 10.3.